The van der Waals surface area contributed by atoms with Crippen LogP contribution in [0.3, 0.4) is 0 Å². The number of phenolic OH excluding ortho intramolecular Hbond substituents is 1. The molecule has 110 valence electrons. The van der Waals surface area contributed by atoms with Crippen molar-refractivity contribution < 1.29 is 14.7 Å². The highest BCUT2D eigenvalue weighted by Gasteiger charge is 2.27. The van der Waals surface area contributed by atoms with Gasteiger partial charge in [-0.15, -0.1) is 0 Å². The second-order valence-electron chi connectivity index (χ2n) is 4.62. The maximum Gasteiger partial charge on any atom is 0.247 e. The van der Waals surface area contributed by atoms with E-state index in [0.29, 0.717) is 12.1 Å². The lowest BCUT2D eigenvalue weighted by atomic mass is 10.0. The van der Waals surface area contributed by atoms with E-state index < -0.39 is 5.92 Å². The third-order valence-corrected chi connectivity index (χ3v) is 3.04. The van der Waals surface area contributed by atoms with Crippen molar-refractivity contribution >= 4 is 18.0 Å². The summed E-state index contributed by atoms with van der Waals surface area (Å²) in [6, 6.07) is 6.40. The smallest absolute Gasteiger partial charge is 0.247 e. The van der Waals surface area contributed by atoms with Crippen molar-refractivity contribution in [3.63, 3.8) is 0 Å². The Morgan fingerprint density at radius 3 is 2.71 bits per heavy atom. The van der Waals surface area contributed by atoms with Crippen LogP contribution in [0.25, 0.3) is 0 Å². The third-order valence-electron chi connectivity index (χ3n) is 3.04. The van der Waals surface area contributed by atoms with Crippen molar-refractivity contribution in [1.29, 1.82) is 0 Å². The summed E-state index contributed by atoms with van der Waals surface area (Å²) in [5.74, 6) is -0.686. The SMILES string of the molecule is C=C1NNC(=O)C1CCC(=O)NN=Cc1ccc(O)cc1. The molecule has 1 aromatic carbocycles. The topological polar surface area (TPSA) is 103 Å². The molecule has 1 fully saturated rings. The quantitative estimate of drug-likeness (QED) is 0.465. The minimum Gasteiger partial charge on any atom is -0.508 e. The number of aromatic hydroxyl groups is 1. The molecule has 0 spiro atoms. The molecule has 1 saturated heterocycles. The molecule has 4 N–H and O–H groups in total. The highest BCUT2D eigenvalue weighted by Crippen LogP contribution is 2.17. The highest BCUT2D eigenvalue weighted by atomic mass is 16.3. The van der Waals surface area contributed by atoms with E-state index in [2.05, 4.69) is 28.0 Å². The van der Waals surface area contributed by atoms with E-state index >= 15 is 0 Å². The Hall–Kier alpha value is -2.83. The van der Waals surface area contributed by atoms with E-state index in [4.69, 9.17) is 5.11 Å². The van der Waals surface area contributed by atoms with Gasteiger partial charge in [0.25, 0.3) is 0 Å². The number of hydrogen-bond acceptors (Lipinski definition) is 5. The predicted octanol–water partition coefficient (Wildman–Crippen LogP) is 0.387. The first kappa shape index (κ1) is 14.6. The number of carbonyl (C=O) groups is 2. The maximum absolute atomic E-state index is 11.6. The van der Waals surface area contributed by atoms with Gasteiger partial charge >= 0.3 is 0 Å². The highest BCUT2D eigenvalue weighted by molar-refractivity contribution is 5.85. The van der Waals surface area contributed by atoms with Crippen LogP contribution in [-0.4, -0.2) is 23.1 Å². The van der Waals surface area contributed by atoms with Gasteiger partial charge in [0.05, 0.1) is 12.1 Å². The first-order valence-electron chi connectivity index (χ1n) is 6.42. The largest absolute Gasteiger partial charge is 0.508 e. The zero-order valence-corrected chi connectivity index (χ0v) is 11.3. The van der Waals surface area contributed by atoms with Crippen LogP contribution in [0.5, 0.6) is 5.75 Å². The number of carbonyl (C=O) groups excluding carboxylic acids is 2. The Kier molecular flexibility index (Phi) is 4.55. The van der Waals surface area contributed by atoms with Crippen LogP contribution in [0.2, 0.25) is 0 Å². The minimum atomic E-state index is -0.392. The number of nitrogens with zero attached hydrogens (tertiary/aromatic N) is 1. The van der Waals surface area contributed by atoms with Gasteiger partial charge in [-0.3, -0.25) is 15.0 Å². The summed E-state index contributed by atoms with van der Waals surface area (Å²) in [6.07, 6.45) is 2.02. The van der Waals surface area contributed by atoms with E-state index in [0.717, 1.165) is 5.56 Å². The Morgan fingerprint density at radius 1 is 1.38 bits per heavy atom. The van der Waals surface area contributed by atoms with Gasteiger partial charge in [-0.25, -0.2) is 5.43 Å². The van der Waals surface area contributed by atoms with Crippen LogP contribution in [0.15, 0.2) is 41.6 Å². The fourth-order valence-corrected chi connectivity index (χ4v) is 1.85. The molecule has 0 radical (unpaired) electrons. The molecule has 0 saturated carbocycles. The number of nitrogens with one attached hydrogen (secondary N) is 3. The molecular formula is C14H16N4O3. The Balaban J connectivity index is 1.76. The van der Waals surface area contributed by atoms with Crippen LogP contribution in [0, 0.1) is 5.92 Å². The van der Waals surface area contributed by atoms with Gasteiger partial charge in [0.2, 0.25) is 11.8 Å². The van der Waals surface area contributed by atoms with Gasteiger partial charge in [-0.05, 0) is 36.2 Å². The van der Waals surface area contributed by atoms with Crippen molar-refractivity contribution in [2.45, 2.75) is 12.8 Å². The van der Waals surface area contributed by atoms with Gasteiger partial charge < -0.3 is 10.5 Å². The molecule has 1 aliphatic rings. The van der Waals surface area contributed by atoms with Crippen LogP contribution in [0.4, 0.5) is 0 Å². The predicted molar refractivity (Wildman–Crippen MR) is 77.0 cm³/mol. The summed E-state index contributed by atoms with van der Waals surface area (Å²) in [5, 5.41) is 12.9. The number of phenols is 1. The summed E-state index contributed by atoms with van der Waals surface area (Å²) < 4.78 is 0. The number of hydrazine groups is 1. The molecule has 1 atom stereocenters. The number of rotatable bonds is 5. The zero-order valence-electron chi connectivity index (χ0n) is 11.3. The molecule has 7 nitrogen and oxygen atoms in total. The number of hydrogen-bond donors (Lipinski definition) is 4. The monoisotopic (exact) mass is 288 g/mol. The summed E-state index contributed by atoms with van der Waals surface area (Å²) in [4.78, 5) is 23.0. The standard InChI is InChI=1S/C14H16N4O3/c1-9-12(14(21)18-16-9)6-7-13(20)17-15-8-10-2-4-11(19)5-3-10/h2-5,8,12,16,19H,1,6-7H2,(H,17,20)(H,18,21). The first-order valence-corrected chi connectivity index (χ1v) is 6.42. The van der Waals surface area contributed by atoms with Gasteiger partial charge in [0.15, 0.2) is 0 Å². The van der Waals surface area contributed by atoms with Gasteiger partial charge in [-0.1, -0.05) is 6.58 Å². The average Bonchev–Trinajstić information content (AvgIpc) is 2.78. The molecule has 1 heterocycles. The molecular weight excluding hydrogens is 272 g/mol. The maximum atomic E-state index is 11.6. The molecule has 7 heteroatoms. The average molecular weight is 288 g/mol. The molecule has 21 heavy (non-hydrogen) atoms. The Morgan fingerprint density at radius 2 is 2.10 bits per heavy atom. The van der Waals surface area contributed by atoms with Crippen LogP contribution >= 0.6 is 0 Å². The van der Waals surface area contributed by atoms with Crippen molar-refractivity contribution in [1.82, 2.24) is 16.3 Å². The zero-order chi connectivity index (χ0) is 15.2. The molecule has 1 aromatic rings. The second kappa shape index (κ2) is 6.56. The number of hydrazone groups is 1. The summed E-state index contributed by atoms with van der Waals surface area (Å²) >= 11 is 0. The third kappa shape index (κ3) is 4.07. The fraction of sp³-hybridized carbons (Fsp3) is 0.214. The summed E-state index contributed by atoms with van der Waals surface area (Å²) in [7, 11) is 0. The lowest BCUT2D eigenvalue weighted by Crippen LogP contribution is -2.26. The first-order chi connectivity index (χ1) is 10.1. The van der Waals surface area contributed by atoms with E-state index in [9.17, 15) is 9.59 Å². The lowest BCUT2D eigenvalue weighted by molar-refractivity contribution is -0.123. The molecule has 0 aromatic heterocycles. The summed E-state index contributed by atoms with van der Waals surface area (Å²) in [5.41, 5.74) is 8.78. The second-order valence-corrected chi connectivity index (χ2v) is 4.62. The molecule has 2 rings (SSSR count). The Labute approximate surface area is 121 Å². The van der Waals surface area contributed by atoms with E-state index in [1.54, 1.807) is 12.1 Å². The molecule has 2 amide bonds. The van der Waals surface area contributed by atoms with E-state index in [1.807, 2.05) is 0 Å². The number of amides is 2. The molecule has 0 aliphatic carbocycles. The number of benzene rings is 1. The van der Waals surface area contributed by atoms with Crippen LogP contribution in [-0.2, 0) is 9.59 Å². The van der Waals surface area contributed by atoms with Crippen LogP contribution < -0.4 is 16.3 Å². The van der Waals surface area contributed by atoms with E-state index in [1.165, 1.54) is 18.3 Å². The molecule has 1 unspecified atom stereocenters. The fourth-order valence-electron chi connectivity index (χ4n) is 1.85. The molecule has 1 aliphatic heterocycles. The van der Waals surface area contributed by atoms with Crippen molar-refractivity contribution in [3.05, 3.63) is 42.1 Å². The van der Waals surface area contributed by atoms with E-state index in [-0.39, 0.29) is 24.0 Å². The van der Waals surface area contributed by atoms with Crippen molar-refractivity contribution in [2.24, 2.45) is 11.0 Å². The lowest BCUT2D eigenvalue weighted by Gasteiger charge is -2.05. The minimum absolute atomic E-state index is 0.167. The molecule has 0 bridgehead atoms. The van der Waals surface area contributed by atoms with Crippen molar-refractivity contribution in [2.75, 3.05) is 0 Å². The Bertz CT molecular complexity index is 564. The summed E-state index contributed by atoms with van der Waals surface area (Å²) in [6.45, 7) is 3.70. The van der Waals surface area contributed by atoms with Gasteiger partial charge in [-0.2, -0.15) is 5.10 Å². The van der Waals surface area contributed by atoms with Gasteiger partial charge in [0.1, 0.15) is 5.75 Å². The van der Waals surface area contributed by atoms with Crippen LogP contribution in [0.1, 0.15) is 18.4 Å². The normalized spacial score (nSPS) is 17.6. The van der Waals surface area contributed by atoms with Crippen molar-refractivity contribution in [3.8, 4) is 5.75 Å². The van der Waals surface area contributed by atoms with Gasteiger partial charge in [0, 0.05) is 12.1 Å².